The highest BCUT2D eigenvalue weighted by atomic mass is 16.6. The van der Waals surface area contributed by atoms with Crippen molar-refractivity contribution in [1.29, 1.82) is 0 Å². The van der Waals surface area contributed by atoms with Gasteiger partial charge in [-0.3, -0.25) is 20.2 Å². The van der Waals surface area contributed by atoms with E-state index in [1.165, 1.54) is 24.3 Å². The summed E-state index contributed by atoms with van der Waals surface area (Å²) in [6, 6.07) is 7.26. The monoisotopic (exact) mass is 252 g/mol. The van der Waals surface area contributed by atoms with Gasteiger partial charge in [0.05, 0.1) is 4.92 Å². The topological polar surface area (TPSA) is 124 Å². The van der Waals surface area contributed by atoms with E-state index in [1.54, 1.807) is 6.07 Å². The Morgan fingerprint density at radius 1 is 1.17 bits per heavy atom. The van der Waals surface area contributed by atoms with Gasteiger partial charge in [0.2, 0.25) is 0 Å². The minimum absolute atomic E-state index is 0.0542. The van der Waals surface area contributed by atoms with E-state index in [1.807, 2.05) is 0 Å². The highest BCUT2D eigenvalue weighted by Gasteiger charge is 2.30. The first-order chi connectivity index (χ1) is 8.43. The minimum Gasteiger partial charge on any atom is -0.477 e. The number of aliphatic carboxylic acids is 1. The lowest BCUT2D eigenvalue weighted by Gasteiger charge is -2.02. The van der Waals surface area contributed by atoms with Gasteiger partial charge in [0.25, 0.3) is 6.54 Å². The first-order valence-corrected chi connectivity index (χ1v) is 4.71. The van der Waals surface area contributed by atoms with E-state index in [2.05, 4.69) is 0 Å². The molecule has 0 radical (unpaired) electrons. The summed E-state index contributed by atoms with van der Waals surface area (Å²) in [4.78, 5) is 30.1. The van der Waals surface area contributed by atoms with Crippen molar-refractivity contribution in [1.82, 2.24) is 0 Å². The van der Waals surface area contributed by atoms with Crippen LogP contribution in [0.2, 0.25) is 0 Å². The third kappa shape index (κ3) is 3.11. The summed E-state index contributed by atoms with van der Waals surface area (Å²) in [6.45, 7) is -1.15. The normalized spacial score (nSPS) is 11.6. The number of rotatable bonds is 5. The fourth-order valence-corrected chi connectivity index (χ4v) is 1.37. The molecule has 0 aliphatic heterocycles. The Hall–Kier alpha value is -2.77. The van der Waals surface area contributed by atoms with Gasteiger partial charge in [0.1, 0.15) is 5.57 Å². The Balaban J connectivity index is 3.43. The first-order valence-electron chi connectivity index (χ1n) is 4.71. The van der Waals surface area contributed by atoms with Crippen molar-refractivity contribution in [2.24, 2.45) is 0 Å². The summed E-state index contributed by atoms with van der Waals surface area (Å²) in [7, 11) is 0. The fraction of sp³-hybridized carbons (Fsp3) is 0.100. The predicted octanol–water partition coefficient (Wildman–Crippen LogP) is 1.04. The smallest absolute Gasteiger partial charge is 0.343 e. The van der Waals surface area contributed by atoms with Crippen LogP contribution < -0.4 is 0 Å². The van der Waals surface area contributed by atoms with Gasteiger partial charge in [-0.05, 0) is 5.56 Å². The molecule has 1 aromatic rings. The summed E-state index contributed by atoms with van der Waals surface area (Å²) < 4.78 is 0. The molecule has 0 atom stereocenters. The molecule has 0 spiro atoms. The SMILES string of the molecule is O=C(O)/C(=C(/C[N+](=O)[O-])[N+](=O)[O-])c1ccccc1. The Morgan fingerprint density at radius 2 is 1.72 bits per heavy atom. The molecule has 94 valence electrons. The van der Waals surface area contributed by atoms with Gasteiger partial charge in [-0.25, -0.2) is 4.79 Å². The van der Waals surface area contributed by atoms with Crippen LogP contribution in [0.25, 0.3) is 5.57 Å². The number of nitro groups is 2. The van der Waals surface area contributed by atoms with E-state index < -0.39 is 33.6 Å². The zero-order valence-electron chi connectivity index (χ0n) is 8.98. The standard InChI is InChI=1S/C10H8N2O6/c13-10(14)9(7-4-2-1-3-5-7)8(12(17)18)6-11(15)16/h1-5H,6H2,(H,13,14)/b9-8-. The van der Waals surface area contributed by atoms with Crippen molar-refractivity contribution in [3.05, 3.63) is 61.8 Å². The van der Waals surface area contributed by atoms with Crippen LogP contribution in [0.4, 0.5) is 0 Å². The summed E-state index contributed by atoms with van der Waals surface area (Å²) in [5, 5.41) is 30.1. The Kier molecular flexibility index (Phi) is 4.08. The van der Waals surface area contributed by atoms with Crippen LogP contribution in [0.3, 0.4) is 0 Å². The van der Waals surface area contributed by atoms with E-state index in [4.69, 9.17) is 5.11 Å². The molecule has 18 heavy (non-hydrogen) atoms. The molecule has 0 fully saturated rings. The third-order valence-corrected chi connectivity index (χ3v) is 2.06. The zero-order chi connectivity index (χ0) is 13.7. The van der Waals surface area contributed by atoms with Gasteiger partial charge >= 0.3 is 11.7 Å². The minimum atomic E-state index is -1.57. The van der Waals surface area contributed by atoms with Crippen molar-refractivity contribution in [3.63, 3.8) is 0 Å². The maximum Gasteiger partial charge on any atom is 0.343 e. The Labute approximate surface area is 100 Å². The lowest BCUT2D eigenvalue weighted by Crippen LogP contribution is -2.17. The zero-order valence-corrected chi connectivity index (χ0v) is 8.98. The summed E-state index contributed by atoms with van der Waals surface area (Å²) >= 11 is 0. The number of carboxylic acid groups (broad SMARTS) is 1. The number of hydrogen-bond donors (Lipinski definition) is 1. The van der Waals surface area contributed by atoms with E-state index in [0.717, 1.165) is 0 Å². The maximum atomic E-state index is 11.0. The van der Waals surface area contributed by atoms with E-state index in [0.29, 0.717) is 0 Å². The molecule has 8 nitrogen and oxygen atoms in total. The van der Waals surface area contributed by atoms with Crippen molar-refractivity contribution in [3.8, 4) is 0 Å². The van der Waals surface area contributed by atoms with Gasteiger partial charge in [-0.1, -0.05) is 30.3 Å². The maximum absolute atomic E-state index is 11.0. The molecular weight excluding hydrogens is 244 g/mol. The number of carboxylic acids is 1. The molecule has 0 saturated carbocycles. The molecule has 0 bridgehead atoms. The lowest BCUT2D eigenvalue weighted by molar-refractivity contribution is -0.518. The van der Waals surface area contributed by atoms with E-state index >= 15 is 0 Å². The van der Waals surface area contributed by atoms with Crippen LogP contribution in [0.1, 0.15) is 5.56 Å². The lowest BCUT2D eigenvalue weighted by atomic mass is 10.0. The first kappa shape index (κ1) is 13.3. The molecule has 8 heteroatoms. The van der Waals surface area contributed by atoms with Crippen LogP contribution in [0.15, 0.2) is 36.0 Å². The molecule has 0 unspecified atom stereocenters. The molecule has 0 heterocycles. The summed E-state index contributed by atoms with van der Waals surface area (Å²) in [5.74, 6) is -1.57. The molecule has 0 aliphatic carbocycles. The second kappa shape index (κ2) is 5.53. The van der Waals surface area contributed by atoms with Crippen LogP contribution in [-0.2, 0) is 4.79 Å². The van der Waals surface area contributed by atoms with Crippen LogP contribution in [0, 0.1) is 20.2 Å². The van der Waals surface area contributed by atoms with E-state index in [-0.39, 0.29) is 5.56 Å². The highest BCUT2D eigenvalue weighted by molar-refractivity contribution is 6.16. The van der Waals surface area contributed by atoms with Gasteiger partial charge in [-0.2, -0.15) is 0 Å². The van der Waals surface area contributed by atoms with Gasteiger partial charge in [-0.15, -0.1) is 0 Å². The Morgan fingerprint density at radius 3 is 2.11 bits per heavy atom. The average molecular weight is 252 g/mol. The predicted molar refractivity (Wildman–Crippen MR) is 59.9 cm³/mol. The molecule has 1 N–H and O–H groups in total. The molecule has 1 aromatic carbocycles. The Bertz CT molecular complexity index is 522. The molecule has 0 saturated heterocycles. The van der Waals surface area contributed by atoms with E-state index in [9.17, 15) is 25.0 Å². The second-order valence-electron chi connectivity index (χ2n) is 3.24. The average Bonchev–Trinajstić information content (AvgIpc) is 2.28. The molecule has 0 aromatic heterocycles. The molecular formula is C10H8N2O6. The van der Waals surface area contributed by atoms with Gasteiger partial charge < -0.3 is 5.11 Å². The second-order valence-corrected chi connectivity index (χ2v) is 3.24. The molecule has 0 amide bonds. The molecule has 0 aliphatic rings. The van der Waals surface area contributed by atoms with Crippen molar-refractivity contribution in [2.75, 3.05) is 6.54 Å². The molecule has 1 rings (SSSR count). The van der Waals surface area contributed by atoms with Gasteiger partial charge in [0, 0.05) is 4.92 Å². The highest BCUT2D eigenvalue weighted by Crippen LogP contribution is 2.19. The quantitative estimate of drug-likeness (QED) is 0.474. The van der Waals surface area contributed by atoms with Crippen LogP contribution in [-0.4, -0.2) is 27.5 Å². The van der Waals surface area contributed by atoms with Crippen molar-refractivity contribution in [2.45, 2.75) is 0 Å². The number of carbonyl (C=O) groups is 1. The number of nitrogens with zero attached hydrogens (tertiary/aromatic N) is 2. The van der Waals surface area contributed by atoms with Crippen LogP contribution >= 0.6 is 0 Å². The van der Waals surface area contributed by atoms with Crippen molar-refractivity contribution >= 4 is 11.5 Å². The van der Waals surface area contributed by atoms with Crippen molar-refractivity contribution < 1.29 is 19.7 Å². The summed E-state index contributed by atoms with van der Waals surface area (Å²) in [5.41, 5.74) is -1.56. The van der Waals surface area contributed by atoms with Crippen LogP contribution in [0.5, 0.6) is 0 Å². The van der Waals surface area contributed by atoms with Gasteiger partial charge in [0.15, 0.2) is 0 Å². The third-order valence-electron chi connectivity index (χ3n) is 2.06. The fourth-order valence-electron chi connectivity index (χ4n) is 1.37. The largest absolute Gasteiger partial charge is 0.477 e. The number of hydrogen-bond acceptors (Lipinski definition) is 5. The summed E-state index contributed by atoms with van der Waals surface area (Å²) in [6.07, 6.45) is 0. The number of benzene rings is 1.